The highest BCUT2D eigenvalue weighted by Gasteiger charge is 2.20. The number of thiophene rings is 1. The second-order valence-corrected chi connectivity index (χ2v) is 6.25. The first-order valence-electron chi connectivity index (χ1n) is 6.79. The van der Waals surface area contributed by atoms with E-state index < -0.39 is 6.10 Å². The fraction of sp³-hybridized carbons (Fsp3) is 0.375. The van der Waals surface area contributed by atoms with E-state index in [0.717, 1.165) is 17.7 Å². The molecule has 0 fully saturated rings. The van der Waals surface area contributed by atoms with Crippen LogP contribution in [0.3, 0.4) is 0 Å². The van der Waals surface area contributed by atoms with Crippen LogP contribution in [0.25, 0.3) is 0 Å². The molecule has 0 spiro atoms. The average molecular weight is 276 g/mol. The van der Waals surface area contributed by atoms with E-state index in [-0.39, 0.29) is 5.82 Å². The Morgan fingerprint density at radius 2 is 1.89 bits per heavy atom. The molecule has 3 rings (SSSR count). The number of fused-ring (bicyclic) bond motifs is 1. The number of hydrogen-bond donors (Lipinski definition) is 1. The van der Waals surface area contributed by atoms with Gasteiger partial charge < -0.3 is 5.11 Å². The third-order valence-corrected chi connectivity index (χ3v) is 5.02. The summed E-state index contributed by atoms with van der Waals surface area (Å²) in [6.45, 7) is 0. The maximum atomic E-state index is 13.7. The summed E-state index contributed by atoms with van der Waals surface area (Å²) in [4.78, 5) is 2.25. The molecule has 1 aromatic carbocycles. The SMILES string of the molecule is OC(c1cc2c(s1)CCCCC2)c1ccccc1F. The van der Waals surface area contributed by atoms with Crippen molar-refractivity contribution >= 4 is 11.3 Å². The summed E-state index contributed by atoms with van der Waals surface area (Å²) in [6.07, 6.45) is 5.09. The van der Waals surface area contributed by atoms with Crippen molar-refractivity contribution in [3.8, 4) is 0 Å². The van der Waals surface area contributed by atoms with Crippen LogP contribution in [0.4, 0.5) is 4.39 Å². The molecule has 0 amide bonds. The van der Waals surface area contributed by atoms with E-state index >= 15 is 0 Å². The number of rotatable bonds is 2. The molecule has 1 aliphatic rings. The Balaban J connectivity index is 1.92. The fourth-order valence-electron chi connectivity index (χ4n) is 2.68. The molecule has 0 aliphatic heterocycles. The van der Waals surface area contributed by atoms with Crippen molar-refractivity contribution in [1.29, 1.82) is 0 Å². The van der Waals surface area contributed by atoms with Gasteiger partial charge in [-0.25, -0.2) is 4.39 Å². The van der Waals surface area contributed by atoms with Crippen LogP contribution in [0.1, 0.15) is 46.2 Å². The highest BCUT2D eigenvalue weighted by Crippen LogP contribution is 2.35. The summed E-state index contributed by atoms with van der Waals surface area (Å²) in [5.74, 6) is -0.335. The number of benzene rings is 1. The van der Waals surface area contributed by atoms with E-state index in [1.165, 1.54) is 35.8 Å². The molecular weight excluding hydrogens is 259 g/mol. The van der Waals surface area contributed by atoms with Gasteiger partial charge in [0.25, 0.3) is 0 Å². The van der Waals surface area contributed by atoms with Crippen LogP contribution in [0.15, 0.2) is 30.3 Å². The third-order valence-electron chi connectivity index (χ3n) is 3.73. The average Bonchev–Trinajstić information content (AvgIpc) is 2.70. The Kier molecular flexibility index (Phi) is 3.67. The molecule has 1 atom stereocenters. The van der Waals surface area contributed by atoms with Gasteiger partial charge >= 0.3 is 0 Å². The smallest absolute Gasteiger partial charge is 0.129 e. The summed E-state index contributed by atoms with van der Waals surface area (Å²) in [6, 6.07) is 8.54. The minimum absolute atomic E-state index is 0.335. The Bertz CT molecular complexity index is 552. The lowest BCUT2D eigenvalue weighted by atomic mass is 10.1. The molecule has 19 heavy (non-hydrogen) atoms. The summed E-state index contributed by atoms with van der Waals surface area (Å²) < 4.78 is 13.7. The maximum absolute atomic E-state index is 13.7. The molecule has 1 aromatic heterocycles. The van der Waals surface area contributed by atoms with Gasteiger partial charge in [-0.2, -0.15) is 0 Å². The second kappa shape index (κ2) is 5.43. The Morgan fingerprint density at radius 3 is 2.74 bits per heavy atom. The molecular formula is C16H17FOS. The van der Waals surface area contributed by atoms with E-state index in [2.05, 4.69) is 6.07 Å². The van der Waals surface area contributed by atoms with Crippen LogP contribution in [0.5, 0.6) is 0 Å². The van der Waals surface area contributed by atoms with Crippen LogP contribution < -0.4 is 0 Å². The zero-order valence-electron chi connectivity index (χ0n) is 10.7. The molecule has 1 unspecified atom stereocenters. The zero-order valence-corrected chi connectivity index (χ0v) is 11.5. The molecule has 1 heterocycles. The van der Waals surface area contributed by atoms with Crippen molar-refractivity contribution in [2.75, 3.05) is 0 Å². The van der Waals surface area contributed by atoms with Crippen LogP contribution in [0, 0.1) is 5.82 Å². The van der Waals surface area contributed by atoms with Gasteiger partial charge in [0.05, 0.1) is 0 Å². The molecule has 0 radical (unpaired) electrons. The van der Waals surface area contributed by atoms with Gasteiger partial charge in [0.15, 0.2) is 0 Å². The molecule has 1 nitrogen and oxygen atoms in total. The quantitative estimate of drug-likeness (QED) is 0.813. The predicted molar refractivity (Wildman–Crippen MR) is 76.0 cm³/mol. The summed E-state index contributed by atoms with van der Waals surface area (Å²) in [5, 5.41) is 10.4. The van der Waals surface area contributed by atoms with Gasteiger partial charge in [-0.15, -0.1) is 11.3 Å². The lowest BCUT2D eigenvalue weighted by molar-refractivity contribution is 0.218. The van der Waals surface area contributed by atoms with Crippen molar-refractivity contribution in [2.24, 2.45) is 0 Å². The minimum atomic E-state index is -0.835. The topological polar surface area (TPSA) is 20.2 Å². The highest BCUT2D eigenvalue weighted by molar-refractivity contribution is 7.12. The van der Waals surface area contributed by atoms with Crippen molar-refractivity contribution < 1.29 is 9.50 Å². The van der Waals surface area contributed by atoms with Crippen LogP contribution in [-0.4, -0.2) is 5.11 Å². The standard InChI is InChI=1S/C16H17FOS/c17-13-8-5-4-7-12(13)16(18)15-10-11-6-2-1-3-9-14(11)19-15/h4-5,7-8,10,16,18H,1-3,6,9H2. The number of aryl methyl sites for hydroxylation is 2. The normalized spacial score (nSPS) is 16.7. The Labute approximate surface area is 116 Å². The van der Waals surface area contributed by atoms with E-state index in [1.807, 2.05) is 0 Å². The minimum Gasteiger partial charge on any atom is -0.383 e. The molecule has 100 valence electrons. The molecule has 1 N–H and O–H groups in total. The number of aliphatic hydroxyl groups excluding tert-OH is 1. The maximum Gasteiger partial charge on any atom is 0.129 e. The first-order chi connectivity index (χ1) is 9.25. The summed E-state index contributed by atoms with van der Waals surface area (Å²) in [5.41, 5.74) is 1.73. The largest absolute Gasteiger partial charge is 0.383 e. The molecule has 2 aromatic rings. The summed E-state index contributed by atoms with van der Waals surface area (Å²) in [7, 11) is 0. The van der Waals surface area contributed by atoms with Gasteiger partial charge in [0, 0.05) is 15.3 Å². The van der Waals surface area contributed by atoms with E-state index in [4.69, 9.17) is 0 Å². The molecule has 3 heteroatoms. The Hall–Kier alpha value is -1.19. The van der Waals surface area contributed by atoms with Gasteiger partial charge in [0.2, 0.25) is 0 Å². The van der Waals surface area contributed by atoms with E-state index in [9.17, 15) is 9.50 Å². The van der Waals surface area contributed by atoms with Crippen LogP contribution in [-0.2, 0) is 12.8 Å². The van der Waals surface area contributed by atoms with Crippen molar-refractivity contribution in [2.45, 2.75) is 38.2 Å². The van der Waals surface area contributed by atoms with Gasteiger partial charge in [-0.1, -0.05) is 24.6 Å². The lowest BCUT2D eigenvalue weighted by Crippen LogP contribution is -2.00. The number of hydrogen-bond acceptors (Lipinski definition) is 2. The van der Waals surface area contributed by atoms with Gasteiger partial charge in [0.1, 0.15) is 11.9 Å². The fourth-order valence-corrected chi connectivity index (χ4v) is 3.94. The predicted octanol–water partition coefficient (Wildman–Crippen LogP) is 4.24. The summed E-state index contributed by atoms with van der Waals surface area (Å²) >= 11 is 1.64. The molecule has 0 saturated carbocycles. The molecule has 0 bridgehead atoms. The first kappa shape index (κ1) is 12.8. The first-order valence-corrected chi connectivity index (χ1v) is 7.61. The van der Waals surface area contributed by atoms with Crippen LogP contribution in [0.2, 0.25) is 0 Å². The number of halogens is 1. The van der Waals surface area contributed by atoms with Gasteiger partial charge in [-0.3, -0.25) is 0 Å². The van der Waals surface area contributed by atoms with E-state index in [0.29, 0.717) is 5.56 Å². The van der Waals surface area contributed by atoms with Crippen LogP contribution >= 0.6 is 11.3 Å². The third kappa shape index (κ3) is 2.58. The van der Waals surface area contributed by atoms with Crippen molar-refractivity contribution in [3.05, 3.63) is 57.0 Å². The van der Waals surface area contributed by atoms with Crippen molar-refractivity contribution in [3.63, 3.8) is 0 Å². The monoisotopic (exact) mass is 276 g/mol. The second-order valence-electron chi connectivity index (χ2n) is 5.08. The molecule has 0 saturated heterocycles. The lowest BCUT2D eigenvalue weighted by Gasteiger charge is -2.09. The number of aliphatic hydroxyl groups is 1. The molecule has 1 aliphatic carbocycles. The highest BCUT2D eigenvalue weighted by atomic mass is 32.1. The Morgan fingerprint density at radius 1 is 1.11 bits per heavy atom. The van der Waals surface area contributed by atoms with Crippen molar-refractivity contribution in [1.82, 2.24) is 0 Å². The van der Waals surface area contributed by atoms with Gasteiger partial charge in [-0.05, 0) is 43.4 Å². The van der Waals surface area contributed by atoms with E-state index in [1.54, 1.807) is 29.5 Å². The zero-order chi connectivity index (χ0) is 13.2.